The predicted octanol–water partition coefficient (Wildman–Crippen LogP) is 3.31. The van der Waals surface area contributed by atoms with Gasteiger partial charge in [-0.1, -0.05) is 17.3 Å². The van der Waals surface area contributed by atoms with Crippen molar-refractivity contribution in [2.24, 2.45) is 0 Å². The van der Waals surface area contributed by atoms with E-state index < -0.39 is 0 Å². The number of nitrogens with zero attached hydrogens (tertiary/aromatic N) is 4. The second-order valence-electron chi connectivity index (χ2n) is 6.50. The topological polar surface area (TPSA) is 60.2 Å². The van der Waals surface area contributed by atoms with Crippen molar-refractivity contribution in [2.75, 3.05) is 19.7 Å². The van der Waals surface area contributed by atoms with Crippen LogP contribution in [0, 0.1) is 0 Å². The molecule has 1 aliphatic heterocycles. The lowest BCUT2D eigenvalue weighted by atomic mass is 10.0. The highest BCUT2D eigenvalue weighted by Crippen LogP contribution is 2.26. The van der Waals surface area contributed by atoms with Crippen LogP contribution in [0.5, 0.6) is 5.75 Å². The van der Waals surface area contributed by atoms with Gasteiger partial charge in [0.15, 0.2) is 0 Å². The summed E-state index contributed by atoms with van der Waals surface area (Å²) in [4.78, 5) is 14.6. The maximum absolute atomic E-state index is 12.7. The fourth-order valence-corrected chi connectivity index (χ4v) is 3.51. The van der Waals surface area contributed by atoms with E-state index in [0.29, 0.717) is 12.2 Å². The fourth-order valence-electron chi connectivity index (χ4n) is 3.51. The lowest BCUT2D eigenvalue weighted by Gasteiger charge is -2.32. The van der Waals surface area contributed by atoms with Crippen LogP contribution >= 0.6 is 0 Å². The van der Waals surface area contributed by atoms with Crippen molar-refractivity contribution >= 4 is 16.9 Å². The zero-order valence-electron chi connectivity index (χ0n) is 14.8. The molecule has 0 bridgehead atoms. The summed E-state index contributed by atoms with van der Waals surface area (Å²) in [5.74, 6) is 0.871. The molecule has 2 heterocycles. The Morgan fingerprint density at radius 3 is 2.58 bits per heavy atom. The third-order valence-corrected chi connectivity index (χ3v) is 4.89. The Morgan fingerprint density at radius 2 is 1.85 bits per heavy atom. The number of hydrogen-bond acceptors (Lipinski definition) is 4. The Kier molecular flexibility index (Phi) is 4.56. The first kappa shape index (κ1) is 16.6. The van der Waals surface area contributed by atoms with Crippen LogP contribution in [0.2, 0.25) is 0 Å². The zero-order valence-corrected chi connectivity index (χ0v) is 14.8. The number of fused-ring (bicyclic) bond motifs is 1. The zero-order chi connectivity index (χ0) is 17.9. The standard InChI is InChI=1S/C20H22N4O2/c1-2-26-17-9-7-15(8-10-17)20(25)23-13-11-16(12-14-23)24-19-6-4-3-5-18(19)21-22-24/h3-10,16H,2,11-14H2,1H3. The highest BCUT2D eigenvalue weighted by molar-refractivity contribution is 5.94. The van der Waals surface area contributed by atoms with Crippen LogP contribution in [-0.4, -0.2) is 45.5 Å². The maximum atomic E-state index is 12.7. The van der Waals surface area contributed by atoms with Crippen LogP contribution in [0.1, 0.15) is 36.2 Å². The van der Waals surface area contributed by atoms with E-state index in [1.807, 2.05) is 65.0 Å². The number of carbonyl (C=O) groups excluding carboxylic acids is 1. The van der Waals surface area contributed by atoms with Gasteiger partial charge in [0.25, 0.3) is 5.91 Å². The van der Waals surface area contributed by atoms with Crippen molar-refractivity contribution < 1.29 is 9.53 Å². The molecule has 0 unspecified atom stereocenters. The van der Waals surface area contributed by atoms with Crippen LogP contribution in [-0.2, 0) is 0 Å². The molecule has 4 rings (SSSR count). The van der Waals surface area contributed by atoms with Crippen molar-refractivity contribution in [2.45, 2.75) is 25.8 Å². The Hall–Kier alpha value is -2.89. The molecule has 26 heavy (non-hydrogen) atoms. The lowest BCUT2D eigenvalue weighted by molar-refractivity contribution is 0.0691. The SMILES string of the molecule is CCOc1ccc(C(=O)N2CCC(n3nnc4ccccc43)CC2)cc1. The largest absolute Gasteiger partial charge is 0.494 e. The number of piperidine rings is 1. The first-order valence-corrected chi connectivity index (χ1v) is 9.08. The second kappa shape index (κ2) is 7.15. The minimum absolute atomic E-state index is 0.0787. The molecule has 6 nitrogen and oxygen atoms in total. The van der Waals surface area contributed by atoms with E-state index in [2.05, 4.69) is 10.3 Å². The molecule has 1 aliphatic rings. The Morgan fingerprint density at radius 1 is 1.12 bits per heavy atom. The van der Waals surface area contributed by atoms with Gasteiger partial charge in [-0.15, -0.1) is 5.10 Å². The van der Waals surface area contributed by atoms with Crippen LogP contribution in [0.25, 0.3) is 11.0 Å². The van der Waals surface area contributed by atoms with E-state index in [1.165, 1.54) is 0 Å². The molecule has 0 radical (unpaired) electrons. The van der Waals surface area contributed by atoms with Crippen molar-refractivity contribution in [1.82, 2.24) is 19.9 Å². The Balaban J connectivity index is 1.42. The number of benzene rings is 2. The fraction of sp³-hybridized carbons (Fsp3) is 0.350. The number of carbonyl (C=O) groups is 1. The summed E-state index contributed by atoms with van der Waals surface area (Å²) in [6.07, 6.45) is 1.77. The summed E-state index contributed by atoms with van der Waals surface area (Å²) in [5, 5.41) is 8.56. The van der Waals surface area contributed by atoms with E-state index in [0.717, 1.165) is 42.7 Å². The van der Waals surface area contributed by atoms with Gasteiger partial charge in [0.1, 0.15) is 11.3 Å². The van der Waals surface area contributed by atoms with Gasteiger partial charge in [-0.2, -0.15) is 0 Å². The molecule has 0 saturated carbocycles. The molecule has 134 valence electrons. The van der Waals surface area contributed by atoms with Crippen molar-refractivity contribution in [3.05, 3.63) is 54.1 Å². The van der Waals surface area contributed by atoms with Crippen molar-refractivity contribution in [3.63, 3.8) is 0 Å². The molecule has 1 fully saturated rings. The summed E-state index contributed by atoms with van der Waals surface area (Å²) in [6, 6.07) is 15.7. The summed E-state index contributed by atoms with van der Waals surface area (Å²) in [5.41, 5.74) is 2.68. The third-order valence-electron chi connectivity index (χ3n) is 4.89. The monoisotopic (exact) mass is 350 g/mol. The quantitative estimate of drug-likeness (QED) is 0.724. The second-order valence-corrected chi connectivity index (χ2v) is 6.50. The molecule has 0 aliphatic carbocycles. The minimum atomic E-state index is 0.0787. The van der Waals surface area contributed by atoms with E-state index in [1.54, 1.807) is 0 Å². The summed E-state index contributed by atoms with van der Waals surface area (Å²) in [6.45, 7) is 4.02. The molecule has 1 aromatic heterocycles. The van der Waals surface area contributed by atoms with Gasteiger partial charge < -0.3 is 9.64 Å². The van der Waals surface area contributed by atoms with Gasteiger partial charge in [0, 0.05) is 18.7 Å². The first-order chi connectivity index (χ1) is 12.8. The molecule has 1 saturated heterocycles. The molecule has 1 amide bonds. The van der Waals surface area contributed by atoms with Gasteiger partial charge >= 0.3 is 0 Å². The summed E-state index contributed by atoms with van der Waals surface area (Å²) >= 11 is 0. The molecular weight excluding hydrogens is 328 g/mol. The van der Waals surface area contributed by atoms with Gasteiger partial charge in [0.2, 0.25) is 0 Å². The van der Waals surface area contributed by atoms with Gasteiger partial charge in [-0.25, -0.2) is 4.68 Å². The third kappa shape index (κ3) is 3.14. The van der Waals surface area contributed by atoms with E-state index >= 15 is 0 Å². The van der Waals surface area contributed by atoms with Crippen LogP contribution < -0.4 is 4.74 Å². The van der Waals surface area contributed by atoms with Crippen LogP contribution in [0.3, 0.4) is 0 Å². The Bertz CT molecular complexity index is 896. The number of amides is 1. The molecule has 0 atom stereocenters. The number of aromatic nitrogens is 3. The van der Waals surface area contributed by atoms with Crippen LogP contribution in [0.4, 0.5) is 0 Å². The average Bonchev–Trinajstić information content (AvgIpc) is 3.13. The van der Waals surface area contributed by atoms with E-state index in [4.69, 9.17) is 4.74 Å². The van der Waals surface area contributed by atoms with Crippen LogP contribution in [0.15, 0.2) is 48.5 Å². The molecule has 0 spiro atoms. The minimum Gasteiger partial charge on any atom is -0.494 e. The van der Waals surface area contributed by atoms with E-state index in [9.17, 15) is 4.79 Å². The van der Waals surface area contributed by atoms with Gasteiger partial charge in [-0.05, 0) is 56.2 Å². The number of likely N-dealkylation sites (tertiary alicyclic amines) is 1. The van der Waals surface area contributed by atoms with Gasteiger partial charge in [0.05, 0.1) is 18.2 Å². The average molecular weight is 350 g/mol. The predicted molar refractivity (Wildman–Crippen MR) is 99.3 cm³/mol. The highest BCUT2D eigenvalue weighted by Gasteiger charge is 2.26. The molecule has 3 aromatic rings. The molecule has 2 aromatic carbocycles. The van der Waals surface area contributed by atoms with Crippen molar-refractivity contribution in [3.8, 4) is 5.75 Å². The smallest absolute Gasteiger partial charge is 0.253 e. The summed E-state index contributed by atoms with van der Waals surface area (Å²) < 4.78 is 7.44. The normalized spacial score (nSPS) is 15.3. The highest BCUT2D eigenvalue weighted by atomic mass is 16.5. The number of rotatable bonds is 4. The van der Waals surface area contributed by atoms with E-state index in [-0.39, 0.29) is 11.9 Å². The maximum Gasteiger partial charge on any atom is 0.253 e. The molecule has 6 heteroatoms. The van der Waals surface area contributed by atoms with Crippen molar-refractivity contribution in [1.29, 1.82) is 0 Å². The number of hydrogen-bond donors (Lipinski definition) is 0. The van der Waals surface area contributed by atoms with Gasteiger partial charge in [-0.3, -0.25) is 4.79 Å². The number of para-hydroxylation sites is 1. The summed E-state index contributed by atoms with van der Waals surface area (Å²) in [7, 11) is 0. The Labute approximate surface area is 152 Å². The molecular formula is C20H22N4O2. The molecule has 0 N–H and O–H groups in total. The number of ether oxygens (including phenoxy) is 1. The lowest BCUT2D eigenvalue weighted by Crippen LogP contribution is -2.39. The first-order valence-electron chi connectivity index (χ1n) is 9.08.